The average Bonchev–Trinajstić information content (AvgIpc) is 2.36. The SMILES string of the molecule is O=C1CCC[C@H]2CC=C[C@@H]12. The van der Waals surface area contributed by atoms with Crippen LogP contribution < -0.4 is 0 Å². The van der Waals surface area contributed by atoms with Gasteiger partial charge >= 0.3 is 0 Å². The molecule has 2 aliphatic rings. The molecule has 0 heterocycles. The van der Waals surface area contributed by atoms with Crippen molar-refractivity contribution in [1.29, 1.82) is 0 Å². The third-order valence-corrected chi connectivity index (χ3v) is 2.66. The van der Waals surface area contributed by atoms with Gasteiger partial charge in [0.25, 0.3) is 0 Å². The van der Waals surface area contributed by atoms with E-state index in [1.807, 2.05) is 0 Å². The van der Waals surface area contributed by atoms with E-state index in [1.54, 1.807) is 0 Å². The molecule has 0 unspecified atom stereocenters. The van der Waals surface area contributed by atoms with E-state index < -0.39 is 0 Å². The summed E-state index contributed by atoms with van der Waals surface area (Å²) in [6.07, 6.45) is 8.64. The van der Waals surface area contributed by atoms with Crippen LogP contribution in [0.1, 0.15) is 25.7 Å². The van der Waals surface area contributed by atoms with Crippen molar-refractivity contribution in [1.82, 2.24) is 0 Å². The van der Waals surface area contributed by atoms with Crippen LogP contribution in [0.3, 0.4) is 0 Å². The van der Waals surface area contributed by atoms with Crippen molar-refractivity contribution in [3.63, 3.8) is 0 Å². The van der Waals surface area contributed by atoms with Gasteiger partial charge in [0.2, 0.25) is 0 Å². The second-order valence-electron chi connectivity index (χ2n) is 3.31. The van der Waals surface area contributed by atoms with Gasteiger partial charge in [0.1, 0.15) is 5.78 Å². The molecule has 1 saturated carbocycles. The number of carbonyl (C=O) groups excluding carboxylic acids is 1. The molecule has 2 rings (SSSR count). The van der Waals surface area contributed by atoms with Crippen LogP contribution >= 0.6 is 0 Å². The van der Waals surface area contributed by atoms with Crippen molar-refractivity contribution in [3.05, 3.63) is 12.2 Å². The van der Waals surface area contributed by atoms with Gasteiger partial charge < -0.3 is 0 Å². The van der Waals surface area contributed by atoms with Crippen molar-refractivity contribution >= 4 is 5.78 Å². The minimum Gasteiger partial charge on any atom is -0.299 e. The van der Waals surface area contributed by atoms with Gasteiger partial charge in [-0.25, -0.2) is 0 Å². The van der Waals surface area contributed by atoms with Gasteiger partial charge in [0.05, 0.1) is 0 Å². The van der Waals surface area contributed by atoms with Crippen LogP contribution in [0.15, 0.2) is 12.2 Å². The van der Waals surface area contributed by atoms with Gasteiger partial charge in [0.15, 0.2) is 0 Å². The zero-order valence-corrected chi connectivity index (χ0v) is 6.05. The van der Waals surface area contributed by atoms with Gasteiger partial charge in [-0.05, 0) is 25.2 Å². The van der Waals surface area contributed by atoms with Gasteiger partial charge in [-0.1, -0.05) is 12.2 Å². The van der Waals surface area contributed by atoms with Gasteiger partial charge in [-0.2, -0.15) is 0 Å². The van der Waals surface area contributed by atoms with E-state index >= 15 is 0 Å². The molecule has 54 valence electrons. The summed E-state index contributed by atoms with van der Waals surface area (Å²) in [5.74, 6) is 1.47. The minimum absolute atomic E-state index is 0.314. The molecule has 0 N–H and O–H groups in total. The Balaban J connectivity index is 2.16. The molecule has 0 amide bonds. The summed E-state index contributed by atoms with van der Waals surface area (Å²) < 4.78 is 0. The topological polar surface area (TPSA) is 17.1 Å². The second-order valence-corrected chi connectivity index (χ2v) is 3.31. The smallest absolute Gasteiger partial charge is 0.140 e. The Kier molecular flexibility index (Phi) is 1.37. The third-order valence-electron chi connectivity index (χ3n) is 2.66. The lowest BCUT2D eigenvalue weighted by Crippen LogP contribution is -2.23. The molecular formula is C9H12O. The Bertz CT molecular complexity index is 181. The van der Waals surface area contributed by atoms with Crippen LogP contribution in [0.5, 0.6) is 0 Å². The summed E-state index contributed by atoms with van der Waals surface area (Å²) in [5.41, 5.74) is 0. The number of hydrogen-bond donors (Lipinski definition) is 0. The number of hydrogen-bond acceptors (Lipinski definition) is 1. The van der Waals surface area contributed by atoms with Crippen molar-refractivity contribution in [3.8, 4) is 0 Å². The summed E-state index contributed by atoms with van der Waals surface area (Å²) in [6, 6.07) is 0. The maximum absolute atomic E-state index is 11.2. The monoisotopic (exact) mass is 136 g/mol. The van der Waals surface area contributed by atoms with Gasteiger partial charge in [-0.3, -0.25) is 4.79 Å². The third kappa shape index (κ3) is 0.808. The zero-order chi connectivity index (χ0) is 6.97. The number of allylic oxidation sites excluding steroid dienone is 2. The number of fused-ring (bicyclic) bond motifs is 1. The molecule has 0 aliphatic heterocycles. The van der Waals surface area contributed by atoms with Gasteiger partial charge in [-0.15, -0.1) is 0 Å². The number of ketones is 1. The van der Waals surface area contributed by atoms with E-state index in [-0.39, 0.29) is 0 Å². The molecular weight excluding hydrogens is 124 g/mol. The Morgan fingerprint density at radius 2 is 2.40 bits per heavy atom. The standard InChI is InChI=1S/C9H12O/c10-9-6-2-4-7-3-1-5-8(7)9/h1,5,7-8H,2-4,6H2/t7-,8-/m1/s1. The minimum atomic E-state index is 0.314. The predicted molar refractivity (Wildman–Crippen MR) is 39.6 cm³/mol. The Morgan fingerprint density at radius 1 is 1.50 bits per heavy atom. The molecule has 0 saturated heterocycles. The van der Waals surface area contributed by atoms with E-state index in [9.17, 15) is 4.79 Å². The van der Waals surface area contributed by atoms with Crippen LogP contribution in [0.25, 0.3) is 0 Å². The summed E-state index contributed by atoms with van der Waals surface area (Å²) in [6.45, 7) is 0. The predicted octanol–water partition coefficient (Wildman–Crippen LogP) is 1.93. The normalized spacial score (nSPS) is 38.2. The average molecular weight is 136 g/mol. The maximum atomic E-state index is 11.2. The first kappa shape index (κ1) is 6.14. The first-order valence-electron chi connectivity index (χ1n) is 4.07. The number of carbonyl (C=O) groups is 1. The highest BCUT2D eigenvalue weighted by atomic mass is 16.1. The van der Waals surface area contributed by atoms with Crippen molar-refractivity contribution in [2.24, 2.45) is 11.8 Å². The summed E-state index contributed by atoms with van der Waals surface area (Å²) in [5, 5.41) is 0. The highest BCUT2D eigenvalue weighted by Crippen LogP contribution is 2.35. The number of Topliss-reactive ketones (excluding diaryl/α,β-unsaturated/α-hetero) is 1. The van der Waals surface area contributed by atoms with Gasteiger partial charge in [0, 0.05) is 12.3 Å². The quantitative estimate of drug-likeness (QED) is 0.465. The van der Waals surface area contributed by atoms with E-state index in [2.05, 4.69) is 12.2 Å². The van der Waals surface area contributed by atoms with Crippen LogP contribution in [0.2, 0.25) is 0 Å². The Hall–Kier alpha value is -0.590. The number of rotatable bonds is 0. The lowest BCUT2D eigenvalue weighted by atomic mass is 9.81. The molecule has 0 aromatic carbocycles. The van der Waals surface area contributed by atoms with Crippen LogP contribution in [0.4, 0.5) is 0 Å². The summed E-state index contributed by atoms with van der Waals surface area (Å²) >= 11 is 0. The lowest BCUT2D eigenvalue weighted by molar-refractivity contribution is -0.124. The van der Waals surface area contributed by atoms with Crippen LogP contribution in [-0.2, 0) is 4.79 Å². The van der Waals surface area contributed by atoms with E-state index in [0.717, 1.165) is 19.3 Å². The molecule has 10 heavy (non-hydrogen) atoms. The van der Waals surface area contributed by atoms with E-state index in [4.69, 9.17) is 0 Å². The molecule has 1 heteroatoms. The fraction of sp³-hybridized carbons (Fsp3) is 0.667. The highest BCUT2D eigenvalue weighted by molar-refractivity contribution is 5.84. The molecule has 0 spiro atoms. The van der Waals surface area contributed by atoms with E-state index in [0.29, 0.717) is 17.6 Å². The fourth-order valence-corrected chi connectivity index (χ4v) is 2.08. The summed E-state index contributed by atoms with van der Waals surface area (Å²) in [7, 11) is 0. The van der Waals surface area contributed by atoms with Crippen LogP contribution in [0, 0.1) is 11.8 Å². The summed E-state index contributed by atoms with van der Waals surface area (Å²) in [4.78, 5) is 11.2. The van der Waals surface area contributed by atoms with Crippen molar-refractivity contribution in [2.75, 3.05) is 0 Å². The molecule has 2 atom stereocenters. The first-order chi connectivity index (χ1) is 4.88. The molecule has 0 aromatic rings. The van der Waals surface area contributed by atoms with Crippen molar-refractivity contribution in [2.45, 2.75) is 25.7 Å². The zero-order valence-electron chi connectivity index (χ0n) is 6.05. The molecule has 1 fully saturated rings. The lowest BCUT2D eigenvalue weighted by Gasteiger charge is -2.22. The van der Waals surface area contributed by atoms with Crippen molar-refractivity contribution < 1.29 is 4.79 Å². The molecule has 0 bridgehead atoms. The molecule has 1 nitrogen and oxygen atoms in total. The molecule has 0 aromatic heterocycles. The highest BCUT2D eigenvalue weighted by Gasteiger charge is 2.31. The molecule has 2 aliphatic carbocycles. The first-order valence-corrected chi connectivity index (χ1v) is 4.07. The molecule has 0 radical (unpaired) electrons. The van der Waals surface area contributed by atoms with Crippen LogP contribution in [-0.4, -0.2) is 5.78 Å². The fourth-order valence-electron chi connectivity index (χ4n) is 2.08. The maximum Gasteiger partial charge on any atom is 0.140 e. The largest absolute Gasteiger partial charge is 0.299 e. The second kappa shape index (κ2) is 2.22. The Labute approximate surface area is 61.1 Å². The Morgan fingerprint density at radius 3 is 3.20 bits per heavy atom. The van der Waals surface area contributed by atoms with E-state index in [1.165, 1.54) is 6.42 Å².